The first kappa shape index (κ1) is 20.6. The summed E-state index contributed by atoms with van der Waals surface area (Å²) in [5.74, 6) is 0.976. The number of hydrogen-bond acceptors (Lipinski definition) is 7. The Balaban J connectivity index is 1.50. The van der Waals surface area contributed by atoms with Gasteiger partial charge in [0.15, 0.2) is 5.13 Å². The second kappa shape index (κ2) is 9.89. The van der Waals surface area contributed by atoms with E-state index in [1.807, 2.05) is 17.4 Å². The number of rotatable bonds is 7. The van der Waals surface area contributed by atoms with Crippen molar-refractivity contribution in [2.75, 3.05) is 58.5 Å². The zero-order chi connectivity index (χ0) is 20.1. The molecule has 0 saturated carbocycles. The van der Waals surface area contributed by atoms with Crippen LogP contribution in [0.5, 0.6) is 5.75 Å². The number of aromatic nitrogens is 1. The maximum absolute atomic E-state index is 5.62. The van der Waals surface area contributed by atoms with Crippen LogP contribution >= 0.6 is 11.3 Å². The smallest absolute Gasteiger partial charge is 0.185 e. The molecule has 0 unspecified atom stereocenters. The molecule has 2 saturated heterocycles. The van der Waals surface area contributed by atoms with Gasteiger partial charge in [0.25, 0.3) is 0 Å². The minimum atomic E-state index is 0.588. The van der Waals surface area contributed by atoms with E-state index in [1.165, 1.54) is 23.3 Å². The standard InChI is InChI=1S/C22H32N4O2S/c1-24-9-7-19(8-10-24)26(16-18-5-3-4-6-21(18)27-2)17-20-15-23-22(29-20)25-11-13-28-14-12-25/h3-6,15,19H,7-14,16-17H2,1-2H3. The fourth-order valence-electron chi connectivity index (χ4n) is 4.20. The second-order valence-corrected chi connectivity index (χ2v) is 9.05. The lowest BCUT2D eigenvalue weighted by atomic mass is 10.0. The number of morpholine rings is 1. The molecule has 0 spiro atoms. The summed E-state index contributed by atoms with van der Waals surface area (Å²) in [4.78, 5) is 13.5. The molecule has 0 aliphatic carbocycles. The van der Waals surface area contributed by atoms with E-state index in [4.69, 9.17) is 14.5 Å². The van der Waals surface area contributed by atoms with E-state index in [0.717, 1.165) is 63.4 Å². The molecule has 6 nitrogen and oxygen atoms in total. The first-order chi connectivity index (χ1) is 14.2. The number of anilines is 1. The summed E-state index contributed by atoms with van der Waals surface area (Å²) in [7, 11) is 3.98. The molecule has 158 valence electrons. The van der Waals surface area contributed by atoms with Crippen molar-refractivity contribution in [3.8, 4) is 5.75 Å². The van der Waals surface area contributed by atoms with Gasteiger partial charge in [0.2, 0.25) is 0 Å². The molecule has 4 rings (SSSR count). The lowest BCUT2D eigenvalue weighted by Gasteiger charge is -2.37. The molecule has 0 N–H and O–H groups in total. The fourth-order valence-corrected chi connectivity index (χ4v) is 5.19. The first-order valence-corrected chi connectivity index (χ1v) is 11.4. The Morgan fingerprint density at radius 3 is 2.66 bits per heavy atom. The van der Waals surface area contributed by atoms with Gasteiger partial charge in [0.05, 0.1) is 20.3 Å². The van der Waals surface area contributed by atoms with Gasteiger partial charge in [-0.2, -0.15) is 0 Å². The van der Waals surface area contributed by atoms with E-state index < -0.39 is 0 Å². The van der Waals surface area contributed by atoms with Crippen LogP contribution in [-0.2, 0) is 17.8 Å². The van der Waals surface area contributed by atoms with Crippen LogP contribution in [0.3, 0.4) is 0 Å². The molecular weight excluding hydrogens is 384 g/mol. The van der Waals surface area contributed by atoms with Crippen LogP contribution in [0.4, 0.5) is 5.13 Å². The summed E-state index contributed by atoms with van der Waals surface area (Å²) in [5.41, 5.74) is 1.26. The van der Waals surface area contributed by atoms with E-state index in [9.17, 15) is 0 Å². The quantitative estimate of drug-likeness (QED) is 0.691. The average molecular weight is 417 g/mol. The number of nitrogens with zero attached hydrogens (tertiary/aromatic N) is 4. The Morgan fingerprint density at radius 2 is 1.90 bits per heavy atom. The summed E-state index contributed by atoms with van der Waals surface area (Å²) in [6.07, 6.45) is 4.49. The minimum Gasteiger partial charge on any atom is -0.496 e. The molecule has 1 aromatic carbocycles. The molecule has 0 bridgehead atoms. The molecule has 2 aliphatic rings. The van der Waals surface area contributed by atoms with Crippen LogP contribution in [0.1, 0.15) is 23.3 Å². The van der Waals surface area contributed by atoms with E-state index in [-0.39, 0.29) is 0 Å². The predicted molar refractivity (Wildman–Crippen MR) is 118 cm³/mol. The largest absolute Gasteiger partial charge is 0.496 e. The fraction of sp³-hybridized carbons (Fsp3) is 0.591. The molecule has 3 heterocycles. The molecule has 7 heteroatoms. The Bertz CT molecular complexity index is 770. The van der Waals surface area contributed by atoms with Crippen molar-refractivity contribution in [2.45, 2.75) is 32.0 Å². The van der Waals surface area contributed by atoms with Crippen LogP contribution < -0.4 is 9.64 Å². The minimum absolute atomic E-state index is 0.588. The van der Waals surface area contributed by atoms with Crippen LogP contribution in [0, 0.1) is 0 Å². The molecule has 0 atom stereocenters. The normalized spacial score (nSPS) is 19.1. The number of likely N-dealkylation sites (tertiary alicyclic amines) is 1. The van der Waals surface area contributed by atoms with Gasteiger partial charge in [-0.3, -0.25) is 4.90 Å². The van der Waals surface area contributed by atoms with E-state index in [1.54, 1.807) is 7.11 Å². The average Bonchev–Trinajstić information content (AvgIpc) is 3.23. The number of hydrogen-bond donors (Lipinski definition) is 0. The van der Waals surface area contributed by atoms with E-state index in [0.29, 0.717) is 6.04 Å². The third-order valence-electron chi connectivity index (χ3n) is 5.95. The Hall–Kier alpha value is -1.67. The number of piperidine rings is 1. The second-order valence-electron chi connectivity index (χ2n) is 7.96. The van der Waals surface area contributed by atoms with Gasteiger partial charge in [-0.15, -0.1) is 11.3 Å². The highest BCUT2D eigenvalue weighted by molar-refractivity contribution is 7.15. The number of ether oxygens (including phenoxy) is 2. The Labute approximate surface area is 178 Å². The highest BCUT2D eigenvalue weighted by Crippen LogP contribution is 2.29. The molecule has 2 aromatic rings. The summed E-state index contributed by atoms with van der Waals surface area (Å²) in [6.45, 7) is 7.63. The SMILES string of the molecule is COc1ccccc1CN(Cc1cnc(N2CCOCC2)s1)C1CCN(C)CC1. The van der Waals surface area contributed by atoms with Crippen molar-refractivity contribution in [3.63, 3.8) is 0 Å². The van der Waals surface area contributed by atoms with Crippen molar-refractivity contribution in [1.82, 2.24) is 14.8 Å². The first-order valence-electron chi connectivity index (χ1n) is 10.5. The topological polar surface area (TPSA) is 41.1 Å². The van der Waals surface area contributed by atoms with E-state index >= 15 is 0 Å². The van der Waals surface area contributed by atoms with Gasteiger partial charge < -0.3 is 19.3 Å². The molecule has 2 fully saturated rings. The van der Waals surface area contributed by atoms with Gasteiger partial charge in [0.1, 0.15) is 5.75 Å². The lowest BCUT2D eigenvalue weighted by Crippen LogP contribution is -2.43. The zero-order valence-electron chi connectivity index (χ0n) is 17.5. The summed E-state index contributed by atoms with van der Waals surface area (Å²) in [6, 6.07) is 8.98. The lowest BCUT2D eigenvalue weighted by molar-refractivity contribution is 0.108. The maximum atomic E-state index is 5.62. The predicted octanol–water partition coefficient (Wildman–Crippen LogP) is 3.08. The monoisotopic (exact) mass is 416 g/mol. The molecule has 0 amide bonds. The van der Waals surface area contributed by atoms with Gasteiger partial charge in [-0.05, 0) is 39.0 Å². The summed E-state index contributed by atoms with van der Waals surface area (Å²) < 4.78 is 11.1. The maximum Gasteiger partial charge on any atom is 0.185 e. The van der Waals surface area contributed by atoms with Crippen LogP contribution in [0.2, 0.25) is 0 Å². The number of para-hydroxylation sites is 1. The molecule has 29 heavy (non-hydrogen) atoms. The molecular formula is C22H32N4O2S. The molecule has 0 radical (unpaired) electrons. The van der Waals surface area contributed by atoms with Gasteiger partial charge in [-0.1, -0.05) is 18.2 Å². The van der Waals surface area contributed by atoms with Gasteiger partial charge in [-0.25, -0.2) is 4.98 Å². The van der Waals surface area contributed by atoms with Crippen molar-refractivity contribution < 1.29 is 9.47 Å². The third kappa shape index (κ3) is 5.28. The molecule has 2 aliphatic heterocycles. The Morgan fingerprint density at radius 1 is 1.14 bits per heavy atom. The van der Waals surface area contributed by atoms with Crippen molar-refractivity contribution in [3.05, 3.63) is 40.9 Å². The van der Waals surface area contributed by atoms with Gasteiger partial charge in [0, 0.05) is 48.9 Å². The highest BCUT2D eigenvalue weighted by atomic mass is 32.1. The third-order valence-corrected chi connectivity index (χ3v) is 7.00. The van der Waals surface area contributed by atoms with E-state index in [2.05, 4.69) is 46.1 Å². The number of thiazole rings is 1. The van der Waals surface area contributed by atoms with Crippen molar-refractivity contribution in [1.29, 1.82) is 0 Å². The van der Waals surface area contributed by atoms with Crippen LogP contribution in [-0.4, -0.2) is 74.4 Å². The summed E-state index contributed by atoms with van der Waals surface area (Å²) >= 11 is 1.83. The Kier molecular flexibility index (Phi) is 7.02. The molecule has 1 aromatic heterocycles. The van der Waals surface area contributed by atoms with Gasteiger partial charge >= 0.3 is 0 Å². The van der Waals surface area contributed by atoms with Crippen molar-refractivity contribution >= 4 is 16.5 Å². The van der Waals surface area contributed by atoms with Crippen molar-refractivity contribution in [2.24, 2.45) is 0 Å². The number of methoxy groups -OCH3 is 1. The van der Waals surface area contributed by atoms with Crippen LogP contribution in [0.15, 0.2) is 30.5 Å². The summed E-state index contributed by atoms with van der Waals surface area (Å²) in [5, 5.41) is 1.13. The zero-order valence-corrected chi connectivity index (χ0v) is 18.4. The van der Waals surface area contributed by atoms with Crippen LogP contribution in [0.25, 0.3) is 0 Å². The number of benzene rings is 1. The highest BCUT2D eigenvalue weighted by Gasteiger charge is 2.25.